The lowest BCUT2D eigenvalue weighted by Gasteiger charge is -2.05. The number of nitrogens with two attached hydrogens (primary N) is 1. The third-order valence-corrected chi connectivity index (χ3v) is 2.69. The lowest BCUT2D eigenvalue weighted by atomic mass is 10.3. The molecule has 0 aliphatic carbocycles. The van der Waals surface area contributed by atoms with Gasteiger partial charge >= 0.3 is 0 Å². The van der Waals surface area contributed by atoms with Gasteiger partial charge in [-0.1, -0.05) is 0 Å². The Labute approximate surface area is 89.8 Å². The normalized spacial score (nSPS) is 11.3. The molecule has 0 atom stereocenters. The summed E-state index contributed by atoms with van der Waals surface area (Å²) in [7, 11) is -3.34. The Hall–Kier alpha value is -1.14. The molecule has 5 nitrogen and oxygen atoms in total. The second kappa shape index (κ2) is 5.09. The molecule has 1 heterocycles. The van der Waals surface area contributed by atoms with E-state index in [4.69, 9.17) is 5.14 Å². The van der Waals surface area contributed by atoms with Crippen LogP contribution in [0, 0.1) is 6.92 Å². The summed E-state index contributed by atoms with van der Waals surface area (Å²) >= 11 is 0. The first-order chi connectivity index (χ1) is 6.97. The highest BCUT2D eigenvalue weighted by molar-refractivity contribution is 7.89. The standard InChI is InChI=1S/C9H15N3O2S/c1-8-7-9(3-5-11-8)12-4-2-6-15(10,13)14/h3,5,7H,2,4,6H2,1H3,(H,11,12)(H2,10,13,14). The number of pyridine rings is 1. The van der Waals surface area contributed by atoms with Crippen LogP contribution in [-0.2, 0) is 10.0 Å². The predicted molar refractivity (Wildman–Crippen MR) is 60.1 cm³/mol. The first-order valence-corrected chi connectivity index (χ1v) is 6.36. The maximum absolute atomic E-state index is 10.6. The Morgan fingerprint density at radius 2 is 2.27 bits per heavy atom. The van der Waals surface area contributed by atoms with Crippen molar-refractivity contribution in [2.24, 2.45) is 5.14 Å². The van der Waals surface area contributed by atoms with Crippen molar-refractivity contribution in [2.45, 2.75) is 13.3 Å². The van der Waals surface area contributed by atoms with Crippen LogP contribution in [-0.4, -0.2) is 25.7 Å². The van der Waals surface area contributed by atoms with E-state index in [-0.39, 0.29) is 5.75 Å². The monoisotopic (exact) mass is 229 g/mol. The second-order valence-corrected chi connectivity index (χ2v) is 5.07. The highest BCUT2D eigenvalue weighted by atomic mass is 32.2. The SMILES string of the molecule is Cc1cc(NCCCS(N)(=O)=O)ccn1. The number of primary sulfonamides is 1. The van der Waals surface area contributed by atoms with Crippen LogP contribution in [0.15, 0.2) is 18.3 Å². The predicted octanol–water partition coefficient (Wildman–Crippen LogP) is 0.481. The molecule has 0 saturated heterocycles. The molecule has 0 aliphatic rings. The van der Waals surface area contributed by atoms with Crippen molar-refractivity contribution in [1.82, 2.24) is 4.98 Å². The number of rotatable bonds is 5. The van der Waals surface area contributed by atoms with E-state index in [0.717, 1.165) is 11.4 Å². The van der Waals surface area contributed by atoms with Gasteiger partial charge in [0.25, 0.3) is 0 Å². The summed E-state index contributed by atoms with van der Waals surface area (Å²) in [5, 5.41) is 7.97. The molecule has 84 valence electrons. The molecule has 0 amide bonds. The Kier molecular flexibility index (Phi) is 4.05. The number of hydrogen-bond acceptors (Lipinski definition) is 4. The molecule has 0 fully saturated rings. The molecule has 1 aromatic heterocycles. The molecule has 3 N–H and O–H groups in total. The Morgan fingerprint density at radius 3 is 2.87 bits per heavy atom. The van der Waals surface area contributed by atoms with Crippen molar-refractivity contribution < 1.29 is 8.42 Å². The van der Waals surface area contributed by atoms with E-state index in [1.165, 1.54) is 0 Å². The van der Waals surface area contributed by atoms with E-state index in [2.05, 4.69) is 10.3 Å². The Balaban J connectivity index is 2.32. The molecule has 0 spiro atoms. The van der Waals surface area contributed by atoms with Crippen LogP contribution in [0.2, 0.25) is 0 Å². The maximum Gasteiger partial charge on any atom is 0.209 e. The zero-order chi connectivity index (χ0) is 11.3. The molecule has 15 heavy (non-hydrogen) atoms. The fourth-order valence-corrected chi connectivity index (χ4v) is 1.71. The minimum Gasteiger partial charge on any atom is -0.385 e. The highest BCUT2D eigenvalue weighted by Gasteiger charge is 2.01. The summed E-state index contributed by atoms with van der Waals surface area (Å²) in [6, 6.07) is 3.74. The lowest BCUT2D eigenvalue weighted by molar-refractivity contribution is 0.596. The van der Waals surface area contributed by atoms with Crippen molar-refractivity contribution in [3.63, 3.8) is 0 Å². The van der Waals surface area contributed by atoms with Crippen LogP contribution >= 0.6 is 0 Å². The second-order valence-electron chi connectivity index (χ2n) is 3.33. The topological polar surface area (TPSA) is 85.1 Å². The molecular formula is C9H15N3O2S. The number of nitrogens with zero attached hydrogens (tertiary/aromatic N) is 1. The molecular weight excluding hydrogens is 214 g/mol. The first kappa shape index (κ1) is 11.9. The van der Waals surface area contributed by atoms with E-state index in [9.17, 15) is 8.42 Å². The number of aromatic nitrogens is 1. The van der Waals surface area contributed by atoms with Gasteiger partial charge in [-0.25, -0.2) is 13.6 Å². The molecule has 1 rings (SSSR count). The van der Waals surface area contributed by atoms with Gasteiger partial charge in [-0.2, -0.15) is 0 Å². The number of sulfonamides is 1. The minimum atomic E-state index is -3.34. The van der Waals surface area contributed by atoms with Crippen molar-refractivity contribution >= 4 is 15.7 Å². The highest BCUT2D eigenvalue weighted by Crippen LogP contribution is 2.06. The van der Waals surface area contributed by atoms with Crippen LogP contribution < -0.4 is 10.5 Å². The summed E-state index contributed by atoms with van der Waals surface area (Å²) in [6.45, 7) is 2.48. The minimum absolute atomic E-state index is 0.00403. The van der Waals surface area contributed by atoms with Gasteiger partial charge < -0.3 is 5.32 Å². The van der Waals surface area contributed by atoms with Gasteiger partial charge in [-0.3, -0.25) is 4.98 Å². The van der Waals surface area contributed by atoms with Gasteiger partial charge in [0.15, 0.2) is 0 Å². The summed E-state index contributed by atoms with van der Waals surface area (Å²) in [5.41, 5.74) is 1.86. The summed E-state index contributed by atoms with van der Waals surface area (Å²) in [5.74, 6) is 0.00403. The molecule has 0 aliphatic heterocycles. The maximum atomic E-state index is 10.6. The Morgan fingerprint density at radius 1 is 1.53 bits per heavy atom. The molecule has 6 heteroatoms. The largest absolute Gasteiger partial charge is 0.385 e. The molecule has 1 aromatic rings. The fourth-order valence-electron chi connectivity index (χ4n) is 1.16. The van der Waals surface area contributed by atoms with Crippen molar-refractivity contribution in [1.29, 1.82) is 0 Å². The summed E-state index contributed by atoms with van der Waals surface area (Å²) < 4.78 is 21.3. The van der Waals surface area contributed by atoms with Crippen LogP contribution in [0.1, 0.15) is 12.1 Å². The zero-order valence-electron chi connectivity index (χ0n) is 8.60. The molecule has 0 radical (unpaired) electrons. The smallest absolute Gasteiger partial charge is 0.209 e. The van der Waals surface area contributed by atoms with Gasteiger partial charge in [0.05, 0.1) is 5.75 Å². The van der Waals surface area contributed by atoms with Gasteiger partial charge in [0.1, 0.15) is 0 Å². The quantitative estimate of drug-likeness (QED) is 0.719. The molecule has 0 saturated carbocycles. The summed E-state index contributed by atoms with van der Waals surface area (Å²) in [6.07, 6.45) is 2.21. The van der Waals surface area contributed by atoms with Crippen LogP contribution in [0.4, 0.5) is 5.69 Å². The Bertz CT molecular complexity index is 417. The average Bonchev–Trinajstić information content (AvgIpc) is 2.11. The van der Waals surface area contributed by atoms with Crippen LogP contribution in [0.3, 0.4) is 0 Å². The molecule has 0 unspecified atom stereocenters. The van der Waals surface area contributed by atoms with Gasteiger partial charge in [-0.05, 0) is 25.5 Å². The zero-order valence-corrected chi connectivity index (χ0v) is 9.42. The van der Waals surface area contributed by atoms with E-state index in [1.807, 2.05) is 19.1 Å². The fraction of sp³-hybridized carbons (Fsp3) is 0.444. The third-order valence-electron chi connectivity index (χ3n) is 1.83. The molecule has 0 bridgehead atoms. The number of aryl methyl sites for hydroxylation is 1. The van der Waals surface area contributed by atoms with Crippen molar-refractivity contribution in [2.75, 3.05) is 17.6 Å². The van der Waals surface area contributed by atoms with E-state index in [0.29, 0.717) is 13.0 Å². The van der Waals surface area contributed by atoms with E-state index >= 15 is 0 Å². The lowest BCUT2D eigenvalue weighted by Crippen LogP contribution is -2.18. The van der Waals surface area contributed by atoms with Crippen molar-refractivity contribution in [3.05, 3.63) is 24.0 Å². The summed E-state index contributed by atoms with van der Waals surface area (Å²) in [4.78, 5) is 4.05. The van der Waals surface area contributed by atoms with Crippen molar-refractivity contribution in [3.8, 4) is 0 Å². The third kappa shape index (κ3) is 5.34. The first-order valence-electron chi connectivity index (χ1n) is 4.64. The van der Waals surface area contributed by atoms with Gasteiger partial charge in [0.2, 0.25) is 10.0 Å². The number of anilines is 1. The number of nitrogens with one attached hydrogen (secondary N) is 1. The van der Waals surface area contributed by atoms with Gasteiger partial charge in [0, 0.05) is 24.1 Å². The number of hydrogen-bond donors (Lipinski definition) is 2. The molecule has 0 aromatic carbocycles. The average molecular weight is 229 g/mol. The van der Waals surface area contributed by atoms with Crippen LogP contribution in [0.25, 0.3) is 0 Å². The van der Waals surface area contributed by atoms with E-state index < -0.39 is 10.0 Å². The van der Waals surface area contributed by atoms with E-state index in [1.54, 1.807) is 6.20 Å². The van der Waals surface area contributed by atoms with Gasteiger partial charge in [-0.15, -0.1) is 0 Å². The van der Waals surface area contributed by atoms with Crippen LogP contribution in [0.5, 0.6) is 0 Å².